The normalized spacial score (nSPS) is 10.8. The van der Waals surface area contributed by atoms with E-state index >= 15 is 0 Å². The van der Waals surface area contributed by atoms with Crippen molar-refractivity contribution >= 4 is 11.6 Å². The van der Waals surface area contributed by atoms with Crippen LogP contribution in [0.25, 0.3) is 0 Å². The summed E-state index contributed by atoms with van der Waals surface area (Å²) in [6.45, 7) is 7.80. The van der Waals surface area contributed by atoms with Gasteiger partial charge in [0, 0.05) is 11.3 Å². The minimum Gasteiger partial charge on any atom is -0.321 e. The highest BCUT2D eigenvalue weighted by molar-refractivity contribution is 6.05. The van der Waals surface area contributed by atoms with Gasteiger partial charge in [0.2, 0.25) is 0 Å². The van der Waals surface area contributed by atoms with Crippen molar-refractivity contribution in [3.63, 3.8) is 0 Å². The topological polar surface area (TPSA) is 29.1 Å². The van der Waals surface area contributed by atoms with Gasteiger partial charge in [-0.3, -0.25) is 4.79 Å². The number of hydrogen-bond donors (Lipinski definition) is 1. The highest BCUT2D eigenvalue weighted by Gasteiger charge is 2.14. The molecule has 0 saturated carbocycles. The maximum absolute atomic E-state index is 13.3. The first-order chi connectivity index (χ1) is 9.90. The van der Waals surface area contributed by atoms with Crippen molar-refractivity contribution in [1.29, 1.82) is 0 Å². The summed E-state index contributed by atoms with van der Waals surface area (Å²) >= 11 is 0. The average molecular weight is 285 g/mol. The van der Waals surface area contributed by atoms with E-state index in [2.05, 4.69) is 19.2 Å². The van der Waals surface area contributed by atoms with Gasteiger partial charge >= 0.3 is 0 Å². The summed E-state index contributed by atoms with van der Waals surface area (Å²) in [4.78, 5) is 12.4. The molecule has 110 valence electrons. The molecule has 1 amide bonds. The number of carbonyl (C=O) groups is 1. The number of carbonyl (C=O) groups excluding carboxylic acids is 1. The molecule has 0 aliphatic carbocycles. The van der Waals surface area contributed by atoms with E-state index < -0.39 is 0 Å². The van der Waals surface area contributed by atoms with Crippen LogP contribution >= 0.6 is 0 Å². The molecule has 0 aliphatic rings. The van der Waals surface area contributed by atoms with Gasteiger partial charge in [-0.1, -0.05) is 32.0 Å². The van der Waals surface area contributed by atoms with E-state index in [0.717, 1.165) is 16.8 Å². The lowest BCUT2D eigenvalue weighted by Gasteiger charge is -2.16. The van der Waals surface area contributed by atoms with Gasteiger partial charge in [-0.25, -0.2) is 4.39 Å². The number of benzene rings is 2. The van der Waals surface area contributed by atoms with Crippen LogP contribution in [0.15, 0.2) is 36.4 Å². The molecule has 2 rings (SSSR count). The standard InChI is InChI=1S/C18H20FNO/c1-11(2)15-7-5-6-12(3)17(15)20-18(21)14-8-9-16(19)13(4)10-14/h5-11H,1-4H3,(H,20,21). The molecule has 3 heteroatoms. The summed E-state index contributed by atoms with van der Waals surface area (Å²) in [5, 5.41) is 2.96. The van der Waals surface area contributed by atoms with Gasteiger partial charge in [-0.2, -0.15) is 0 Å². The second-order valence-electron chi connectivity index (χ2n) is 5.61. The maximum atomic E-state index is 13.3. The van der Waals surface area contributed by atoms with Gasteiger partial charge in [-0.05, 0) is 54.7 Å². The lowest BCUT2D eigenvalue weighted by molar-refractivity contribution is 0.102. The van der Waals surface area contributed by atoms with Crippen molar-refractivity contribution in [2.75, 3.05) is 5.32 Å². The number of aryl methyl sites for hydroxylation is 2. The summed E-state index contributed by atoms with van der Waals surface area (Å²) in [6.07, 6.45) is 0. The average Bonchev–Trinajstić information content (AvgIpc) is 2.43. The molecule has 0 heterocycles. The van der Waals surface area contributed by atoms with Gasteiger partial charge in [0.15, 0.2) is 0 Å². The molecule has 2 nitrogen and oxygen atoms in total. The Hall–Kier alpha value is -2.16. The van der Waals surface area contributed by atoms with Crippen LogP contribution in [0.1, 0.15) is 46.8 Å². The SMILES string of the molecule is Cc1cc(C(=O)Nc2c(C)cccc2C(C)C)ccc1F. The number of halogens is 1. The predicted molar refractivity (Wildman–Crippen MR) is 84.4 cm³/mol. The Balaban J connectivity index is 2.33. The summed E-state index contributed by atoms with van der Waals surface area (Å²) in [5.74, 6) is -0.199. The zero-order chi connectivity index (χ0) is 15.6. The first-order valence-electron chi connectivity index (χ1n) is 7.07. The molecule has 0 bridgehead atoms. The molecule has 2 aromatic rings. The van der Waals surface area contributed by atoms with Gasteiger partial charge in [0.25, 0.3) is 5.91 Å². The summed E-state index contributed by atoms with van der Waals surface area (Å²) < 4.78 is 13.3. The van der Waals surface area contributed by atoms with Gasteiger partial charge in [0.1, 0.15) is 5.82 Å². The Bertz CT molecular complexity index is 677. The second kappa shape index (κ2) is 6.08. The minimum atomic E-state index is -0.301. The number of para-hydroxylation sites is 1. The van der Waals surface area contributed by atoms with Gasteiger partial charge < -0.3 is 5.32 Å². The summed E-state index contributed by atoms with van der Waals surface area (Å²) in [7, 11) is 0. The molecule has 0 spiro atoms. The van der Waals surface area contributed by atoms with E-state index in [9.17, 15) is 9.18 Å². The highest BCUT2D eigenvalue weighted by Crippen LogP contribution is 2.28. The van der Waals surface area contributed by atoms with E-state index in [-0.39, 0.29) is 11.7 Å². The summed E-state index contributed by atoms with van der Waals surface area (Å²) in [5.41, 5.74) is 3.90. The van der Waals surface area contributed by atoms with Crippen LogP contribution in [0.5, 0.6) is 0 Å². The number of hydrogen-bond acceptors (Lipinski definition) is 1. The molecule has 0 aromatic heterocycles. The number of anilines is 1. The Morgan fingerprint density at radius 1 is 1.10 bits per heavy atom. The number of nitrogens with one attached hydrogen (secondary N) is 1. The van der Waals surface area contributed by atoms with E-state index in [0.29, 0.717) is 17.0 Å². The van der Waals surface area contributed by atoms with Gasteiger partial charge in [0.05, 0.1) is 0 Å². The molecule has 0 fully saturated rings. The van der Waals surface area contributed by atoms with Gasteiger partial charge in [-0.15, -0.1) is 0 Å². The maximum Gasteiger partial charge on any atom is 0.255 e. The molecular weight excluding hydrogens is 265 g/mol. The van der Waals surface area contributed by atoms with Crippen molar-refractivity contribution in [3.8, 4) is 0 Å². The Morgan fingerprint density at radius 2 is 1.81 bits per heavy atom. The first kappa shape index (κ1) is 15.2. The van der Waals surface area contributed by atoms with Crippen molar-refractivity contribution in [2.24, 2.45) is 0 Å². The predicted octanol–water partition coefficient (Wildman–Crippen LogP) is 4.82. The van der Waals surface area contributed by atoms with E-state index in [1.807, 2.05) is 25.1 Å². The molecule has 0 aliphatic heterocycles. The highest BCUT2D eigenvalue weighted by atomic mass is 19.1. The van der Waals surface area contributed by atoms with Crippen LogP contribution in [0.3, 0.4) is 0 Å². The van der Waals surface area contributed by atoms with E-state index in [1.165, 1.54) is 12.1 Å². The molecule has 1 N–H and O–H groups in total. The van der Waals surface area contributed by atoms with Crippen LogP contribution in [0, 0.1) is 19.7 Å². The van der Waals surface area contributed by atoms with Crippen molar-refractivity contribution < 1.29 is 9.18 Å². The van der Waals surface area contributed by atoms with Crippen molar-refractivity contribution in [2.45, 2.75) is 33.6 Å². The largest absolute Gasteiger partial charge is 0.321 e. The minimum absolute atomic E-state index is 0.214. The quantitative estimate of drug-likeness (QED) is 0.860. The van der Waals surface area contributed by atoms with Crippen LogP contribution in [-0.4, -0.2) is 5.91 Å². The van der Waals surface area contributed by atoms with Crippen LogP contribution in [0.4, 0.5) is 10.1 Å². The van der Waals surface area contributed by atoms with E-state index in [4.69, 9.17) is 0 Å². The molecule has 0 radical (unpaired) electrons. The van der Waals surface area contributed by atoms with Crippen LogP contribution in [-0.2, 0) is 0 Å². The van der Waals surface area contributed by atoms with E-state index in [1.54, 1.807) is 13.0 Å². The fourth-order valence-corrected chi connectivity index (χ4v) is 2.31. The number of rotatable bonds is 3. The van der Waals surface area contributed by atoms with Crippen LogP contribution < -0.4 is 5.32 Å². The Kier molecular flexibility index (Phi) is 4.41. The first-order valence-corrected chi connectivity index (χ1v) is 7.07. The molecule has 21 heavy (non-hydrogen) atoms. The molecular formula is C18H20FNO. The molecule has 0 unspecified atom stereocenters. The fraction of sp³-hybridized carbons (Fsp3) is 0.278. The van der Waals surface area contributed by atoms with Crippen molar-refractivity contribution in [3.05, 3.63) is 64.5 Å². The Morgan fingerprint density at radius 3 is 2.43 bits per heavy atom. The zero-order valence-corrected chi connectivity index (χ0v) is 12.8. The molecule has 0 saturated heterocycles. The fourth-order valence-electron chi connectivity index (χ4n) is 2.31. The second-order valence-corrected chi connectivity index (χ2v) is 5.61. The third-order valence-electron chi connectivity index (χ3n) is 3.59. The zero-order valence-electron chi connectivity index (χ0n) is 12.8. The van der Waals surface area contributed by atoms with Crippen molar-refractivity contribution in [1.82, 2.24) is 0 Å². The monoisotopic (exact) mass is 285 g/mol. The summed E-state index contributed by atoms with van der Waals surface area (Å²) in [6, 6.07) is 10.4. The molecule has 2 aromatic carbocycles. The third kappa shape index (κ3) is 3.30. The van der Waals surface area contributed by atoms with Crippen LogP contribution in [0.2, 0.25) is 0 Å². The number of amides is 1. The lowest BCUT2D eigenvalue weighted by atomic mass is 9.98. The Labute approximate surface area is 125 Å². The third-order valence-corrected chi connectivity index (χ3v) is 3.59. The molecule has 0 atom stereocenters. The smallest absolute Gasteiger partial charge is 0.255 e. The lowest BCUT2D eigenvalue weighted by Crippen LogP contribution is -2.15.